The fourth-order valence-electron chi connectivity index (χ4n) is 3.53. The molecule has 6 N–H and O–H groups in total. The van der Waals surface area contributed by atoms with Gasteiger partial charge in [-0.2, -0.15) is 11.8 Å². The Labute approximate surface area is 219 Å². The second kappa shape index (κ2) is 15.6. The molecule has 204 valence electrons. The average molecular weight is 539 g/mol. The number of aldehydes is 1. The number of rotatable bonds is 15. The highest BCUT2D eigenvalue weighted by atomic mass is 32.2. The van der Waals surface area contributed by atoms with Crippen molar-refractivity contribution in [2.24, 2.45) is 5.73 Å². The molecule has 4 amide bonds. The molecule has 1 rings (SSSR count). The summed E-state index contributed by atoms with van der Waals surface area (Å²) in [6.45, 7) is 2.38. The van der Waals surface area contributed by atoms with Crippen LogP contribution in [0.4, 0.5) is 0 Å². The van der Waals surface area contributed by atoms with Gasteiger partial charge in [-0.3, -0.25) is 28.9 Å². The number of carboxylic acids is 1. The number of nitrogens with two attached hydrogens (primary N) is 1. The quantitative estimate of drug-likeness (QED) is 0.187. The molecule has 13 heteroatoms. The van der Waals surface area contributed by atoms with Crippen LogP contribution >= 0.6 is 11.8 Å². The minimum atomic E-state index is -1.30. The number of thioether (sulfide) groups is 1. The minimum Gasteiger partial charge on any atom is -0.508 e. The lowest BCUT2D eigenvalue weighted by molar-refractivity contribution is -0.150. The molecule has 1 aromatic carbocycles. The molecule has 0 heterocycles. The second-order valence-corrected chi connectivity index (χ2v) is 9.42. The van der Waals surface area contributed by atoms with Crippen LogP contribution in [0, 0.1) is 0 Å². The van der Waals surface area contributed by atoms with E-state index in [1.54, 1.807) is 12.1 Å². The number of phenolic OH excluding ortho intramolecular Hbond substituents is 1. The first-order valence-corrected chi connectivity index (χ1v) is 12.9. The summed E-state index contributed by atoms with van der Waals surface area (Å²) in [5.74, 6) is -3.65. The number of hydrogen-bond acceptors (Lipinski definition) is 9. The topological polar surface area (TPSA) is 196 Å². The summed E-state index contributed by atoms with van der Waals surface area (Å²) < 4.78 is 0. The number of carbonyl (C=O) groups excluding carboxylic acids is 5. The highest BCUT2D eigenvalue weighted by molar-refractivity contribution is 7.98. The fraction of sp³-hybridized carbons (Fsp3) is 0.500. The Kier molecular flexibility index (Phi) is 13.3. The van der Waals surface area contributed by atoms with Gasteiger partial charge in [-0.05, 0) is 49.5 Å². The van der Waals surface area contributed by atoms with E-state index in [0.29, 0.717) is 22.5 Å². The number of benzene rings is 1. The van der Waals surface area contributed by atoms with E-state index in [9.17, 15) is 33.9 Å². The number of amides is 4. The molecule has 0 aliphatic carbocycles. The van der Waals surface area contributed by atoms with Gasteiger partial charge in [0.15, 0.2) is 0 Å². The van der Waals surface area contributed by atoms with E-state index in [4.69, 9.17) is 10.8 Å². The van der Waals surface area contributed by atoms with Crippen molar-refractivity contribution in [2.75, 3.05) is 12.0 Å². The van der Waals surface area contributed by atoms with Crippen LogP contribution in [-0.4, -0.2) is 87.2 Å². The molecule has 0 radical (unpaired) electrons. The number of nitrogens with one attached hydrogen (secondary N) is 2. The summed E-state index contributed by atoms with van der Waals surface area (Å²) in [6.07, 6.45) is 1.62. The fourth-order valence-corrected chi connectivity index (χ4v) is 4.00. The molecule has 0 bridgehead atoms. The molecule has 0 spiro atoms. The zero-order valence-corrected chi connectivity index (χ0v) is 21.8. The normalized spacial score (nSPS) is 13.9. The number of aliphatic carboxylic acids is 1. The monoisotopic (exact) mass is 538 g/mol. The second-order valence-electron chi connectivity index (χ2n) is 8.43. The number of nitrogens with zero attached hydrogens (tertiary/aromatic N) is 1. The molecule has 0 fully saturated rings. The summed E-state index contributed by atoms with van der Waals surface area (Å²) in [5.41, 5.74) is 6.71. The van der Waals surface area contributed by atoms with Crippen molar-refractivity contribution in [1.29, 1.82) is 0 Å². The Bertz CT molecular complexity index is 972. The zero-order chi connectivity index (χ0) is 28.1. The third-order valence-corrected chi connectivity index (χ3v) is 6.07. The van der Waals surface area contributed by atoms with Gasteiger partial charge in [-0.1, -0.05) is 12.1 Å². The first-order valence-electron chi connectivity index (χ1n) is 11.5. The first-order chi connectivity index (χ1) is 17.4. The van der Waals surface area contributed by atoms with Crippen molar-refractivity contribution in [2.45, 2.75) is 63.7 Å². The summed E-state index contributed by atoms with van der Waals surface area (Å²) in [7, 11) is 0. The Morgan fingerprint density at radius 1 is 1.11 bits per heavy atom. The summed E-state index contributed by atoms with van der Waals surface area (Å²) in [6, 6.07) is 1.70. The number of hydrogen-bond donors (Lipinski definition) is 5. The van der Waals surface area contributed by atoms with Gasteiger partial charge in [0.2, 0.25) is 17.7 Å². The maximum absolute atomic E-state index is 13.0. The number of carboxylic acid groups (broad SMARTS) is 1. The van der Waals surface area contributed by atoms with Crippen molar-refractivity contribution in [3.8, 4) is 5.75 Å². The van der Waals surface area contributed by atoms with Gasteiger partial charge in [-0.25, -0.2) is 0 Å². The Hall–Kier alpha value is -3.45. The zero-order valence-electron chi connectivity index (χ0n) is 21.0. The maximum atomic E-state index is 13.0. The third kappa shape index (κ3) is 10.6. The van der Waals surface area contributed by atoms with Crippen LogP contribution in [0.2, 0.25) is 0 Å². The summed E-state index contributed by atoms with van der Waals surface area (Å²) in [5, 5.41) is 23.5. The van der Waals surface area contributed by atoms with Crippen LogP contribution in [0.25, 0.3) is 0 Å². The number of carbonyl (C=O) groups is 6. The largest absolute Gasteiger partial charge is 0.508 e. The Morgan fingerprint density at radius 2 is 1.73 bits per heavy atom. The van der Waals surface area contributed by atoms with E-state index < -0.39 is 60.2 Å². The van der Waals surface area contributed by atoms with Crippen molar-refractivity contribution in [3.63, 3.8) is 0 Å². The predicted molar refractivity (Wildman–Crippen MR) is 137 cm³/mol. The highest BCUT2D eigenvalue weighted by Crippen LogP contribution is 2.13. The maximum Gasteiger partial charge on any atom is 0.305 e. The molecule has 0 aromatic heterocycles. The first kappa shape index (κ1) is 31.6. The van der Waals surface area contributed by atoms with Crippen molar-refractivity contribution in [3.05, 3.63) is 29.8 Å². The van der Waals surface area contributed by atoms with Gasteiger partial charge in [0.1, 0.15) is 24.1 Å². The SMILES string of the molecule is CSCC[C@H](NC(=O)[C@@H](N)Cc1ccc(O)cc1)C(=O)N[C@@H](C)C(=O)N(C(C)=O)[C@H](CC=O)CC(=O)O. The van der Waals surface area contributed by atoms with Crippen LogP contribution in [-0.2, 0) is 35.2 Å². The smallest absolute Gasteiger partial charge is 0.305 e. The van der Waals surface area contributed by atoms with Crippen LogP contribution in [0.15, 0.2) is 24.3 Å². The molecule has 0 saturated heterocycles. The van der Waals surface area contributed by atoms with Crippen LogP contribution < -0.4 is 16.4 Å². The van der Waals surface area contributed by atoms with Crippen molar-refractivity contribution < 1.29 is 39.0 Å². The van der Waals surface area contributed by atoms with Gasteiger partial charge < -0.3 is 31.4 Å². The molecule has 0 unspecified atom stereocenters. The minimum absolute atomic E-state index is 0.0722. The Morgan fingerprint density at radius 3 is 2.24 bits per heavy atom. The Balaban J connectivity index is 2.94. The van der Waals surface area contributed by atoms with Gasteiger partial charge in [0, 0.05) is 13.3 Å². The van der Waals surface area contributed by atoms with E-state index >= 15 is 0 Å². The molecule has 12 nitrogen and oxygen atoms in total. The molecule has 0 aliphatic rings. The molecule has 1 aromatic rings. The highest BCUT2D eigenvalue weighted by Gasteiger charge is 2.34. The lowest BCUT2D eigenvalue weighted by Crippen LogP contribution is -2.57. The van der Waals surface area contributed by atoms with Crippen molar-refractivity contribution >= 4 is 47.6 Å². The van der Waals surface area contributed by atoms with E-state index in [1.165, 1.54) is 30.8 Å². The van der Waals surface area contributed by atoms with E-state index in [0.717, 1.165) is 6.92 Å². The molecular formula is C24H34N4O8S. The molecule has 0 saturated carbocycles. The molecule has 37 heavy (non-hydrogen) atoms. The van der Waals surface area contributed by atoms with E-state index in [-0.39, 0.29) is 25.0 Å². The van der Waals surface area contributed by atoms with Crippen LogP contribution in [0.3, 0.4) is 0 Å². The number of phenols is 1. The summed E-state index contributed by atoms with van der Waals surface area (Å²) in [4.78, 5) is 73.6. The molecular weight excluding hydrogens is 504 g/mol. The lowest BCUT2D eigenvalue weighted by atomic mass is 10.0. The van der Waals surface area contributed by atoms with Crippen LogP contribution in [0.1, 0.15) is 38.7 Å². The van der Waals surface area contributed by atoms with Crippen molar-refractivity contribution in [1.82, 2.24) is 15.5 Å². The van der Waals surface area contributed by atoms with Gasteiger partial charge in [-0.15, -0.1) is 0 Å². The third-order valence-electron chi connectivity index (χ3n) is 5.42. The summed E-state index contributed by atoms with van der Waals surface area (Å²) >= 11 is 1.44. The van der Waals surface area contributed by atoms with Gasteiger partial charge >= 0.3 is 5.97 Å². The molecule has 0 aliphatic heterocycles. The molecule has 4 atom stereocenters. The number of imide groups is 1. The van der Waals surface area contributed by atoms with E-state index in [2.05, 4.69) is 10.6 Å². The predicted octanol–water partition coefficient (Wildman–Crippen LogP) is -0.188. The standard InChI is InChI=1S/C24H34N4O8S/c1-14(24(36)28(15(2)30)17(8-10-29)13-21(32)33)26-23(35)20(9-11-37-3)27-22(34)19(25)12-16-4-6-18(31)7-5-16/h4-7,10,14,17,19-20,31H,8-9,11-13,25H2,1-3H3,(H,26,35)(H,27,34)(H,32,33)/t14-,17+,19-,20-/m0/s1. The lowest BCUT2D eigenvalue weighted by Gasteiger charge is -2.30. The van der Waals surface area contributed by atoms with E-state index in [1.807, 2.05) is 6.26 Å². The average Bonchev–Trinajstić information content (AvgIpc) is 2.82. The van der Waals surface area contributed by atoms with Crippen LogP contribution in [0.5, 0.6) is 5.75 Å². The van der Waals surface area contributed by atoms with Gasteiger partial charge in [0.05, 0.1) is 18.5 Å². The number of aromatic hydroxyl groups is 1. The van der Waals surface area contributed by atoms with Gasteiger partial charge in [0.25, 0.3) is 5.91 Å².